The first kappa shape index (κ1) is 34.1. The van der Waals surface area contributed by atoms with Gasteiger partial charge in [0.05, 0.1) is 56.6 Å². The number of aryl methyl sites for hydroxylation is 1. The van der Waals surface area contributed by atoms with Gasteiger partial charge >= 0.3 is 12.2 Å². The van der Waals surface area contributed by atoms with Crippen molar-refractivity contribution in [1.82, 2.24) is 34.9 Å². The van der Waals surface area contributed by atoms with E-state index in [1.54, 1.807) is 58.0 Å². The monoisotopic (exact) mass is 682 g/mol. The number of methoxy groups -OCH3 is 1. The van der Waals surface area contributed by atoms with Gasteiger partial charge in [0, 0.05) is 18.3 Å². The number of hydrogen-bond donors (Lipinski definition) is 0. The Morgan fingerprint density at radius 2 is 1.76 bits per heavy atom. The fourth-order valence-electron chi connectivity index (χ4n) is 5.58. The van der Waals surface area contributed by atoms with E-state index in [0.717, 1.165) is 28.3 Å². The molecule has 50 heavy (non-hydrogen) atoms. The lowest BCUT2D eigenvalue weighted by atomic mass is 10.0. The minimum absolute atomic E-state index is 0.203. The molecule has 3 aromatic carbocycles. The largest absolute Gasteiger partial charge is 0.497 e. The zero-order valence-electron chi connectivity index (χ0n) is 28.6. The summed E-state index contributed by atoms with van der Waals surface area (Å²) in [5.74, 6) is 0.277. The van der Waals surface area contributed by atoms with E-state index in [1.165, 1.54) is 11.0 Å². The highest BCUT2D eigenvalue weighted by Gasteiger charge is 2.33. The highest BCUT2D eigenvalue weighted by molar-refractivity contribution is 5.90. The summed E-state index contributed by atoms with van der Waals surface area (Å²) >= 11 is 0. The summed E-state index contributed by atoms with van der Waals surface area (Å²) in [4.78, 5) is 29.0. The van der Waals surface area contributed by atoms with Gasteiger partial charge in [-0.2, -0.15) is 0 Å². The molecular weight excluding hydrogens is 643 g/mol. The maximum Gasteiger partial charge on any atom is 0.414 e. The van der Waals surface area contributed by atoms with Crippen LogP contribution in [0, 0.1) is 12.7 Å². The number of aromatic nitrogens is 6. The first-order valence-corrected chi connectivity index (χ1v) is 16.2. The van der Waals surface area contributed by atoms with E-state index in [1.807, 2.05) is 64.1 Å². The maximum atomic E-state index is 15.5. The average molecular weight is 683 g/mol. The summed E-state index contributed by atoms with van der Waals surface area (Å²) < 4.78 is 35.3. The number of anilines is 1. The van der Waals surface area contributed by atoms with Crippen LogP contribution in [0.2, 0.25) is 0 Å². The van der Waals surface area contributed by atoms with Crippen molar-refractivity contribution in [1.29, 1.82) is 0 Å². The van der Waals surface area contributed by atoms with Gasteiger partial charge in [-0.1, -0.05) is 46.8 Å². The predicted octanol–water partition coefficient (Wildman–Crippen LogP) is 6.00. The molecule has 2 amide bonds. The Labute approximate surface area is 289 Å². The molecule has 0 spiro atoms. The molecule has 1 fully saturated rings. The van der Waals surface area contributed by atoms with E-state index in [0.29, 0.717) is 29.9 Å². The van der Waals surface area contributed by atoms with E-state index in [9.17, 15) is 9.59 Å². The molecule has 0 bridgehead atoms. The van der Waals surface area contributed by atoms with E-state index in [-0.39, 0.29) is 19.6 Å². The fourth-order valence-corrected chi connectivity index (χ4v) is 5.58. The molecule has 1 aliphatic heterocycles. The van der Waals surface area contributed by atoms with Crippen molar-refractivity contribution in [2.45, 2.75) is 65.6 Å². The number of nitrogens with zero attached hydrogens (tertiary/aromatic N) is 8. The second-order valence-electron chi connectivity index (χ2n) is 13.1. The number of rotatable bonds is 11. The number of benzene rings is 3. The van der Waals surface area contributed by atoms with E-state index >= 15 is 4.39 Å². The molecule has 1 atom stereocenters. The topological polar surface area (TPSA) is 130 Å². The van der Waals surface area contributed by atoms with Crippen molar-refractivity contribution < 1.29 is 28.2 Å². The Kier molecular flexibility index (Phi) is 9.79. The Morgan fingerprint density at radius 1 is 1.02 bits per heavy atom. The molecule has 0 radical (unpaired) electrons. The lowest BCUT2D eigenvalue weighted by molar-refractivity contribution is 0.0211. The van der Waals surface area contributed by atoms with Crippen LogP contribution in [0.3, 0.4) is 0 Å². The number of carbonyl (C=O) groups excluding carboxylic acids is 2. The Morgan fingerprint density at radius 3 is 2.42 bits per heavy atom. The van der Waals surface area contributed by atoms with E-state index < -0.39 is 29.7 Å². The third-order valence-electron chi connectivity index (χ3n) is 8.01. The smallest absolute Gasteiger partial charge is 0.414 e. The Bertz CT molecular complexity index is 1950. The SMILES string of the molecule is COc1ccc(Cn2nncc2CN(Cc2ccc(-c3ccc(N4C[C@H](Cn5cc(C)nn5)OC4=O)cc3F)cc2)C(=O)OC(C)(C)C)cc1. The summed E-state index contributed by atoms with van der Waals surface area (Å²) in [6, 6.07) is 19.6. The van der Waals surface area contributed by atoms with E-state index in [2.05, 4.69) is 20.6 Å². The molecule has 0 aliphatic carbocycles. The number of amides is 2. The van der Waals surface area contributed by atoms with Crippen LogP contribution < -0.4 is 9.64 Å². The molecule has 1 aliphatic rings. The number of carbonyl (C=O) groups is 2. The van der Waals surface area contributed by atoms with Gasteiger partial charge in [-0.3, -0.25) is 9.80 Å². The lowest BCUT2D eigenvalue weighted by Gasteiger charge is -2.27. The highest BCUT2D eigenvalue weighted by atomic mass is 19.1. The summed E-state index contributed by atoms with van der Waals surface area (Å²) in [6.07, 6.45) is 1.93. The predicted molar refractivity (Wildman–Crippen MR) is 182 cm³/mol. The van der Waals surface area contributed by atoms with Crippen molar-refractivity contribution in [3.63, 3.8) is 0 Å². The molecule has 6 rings (SSSR count). The van der Waals surface area contributed by atoms with Crippen molar-refractivity contribution in [2.75, 3.05) is 18.6 Å². The van der Waals surface area contributed by atoms with Crippen LogP contribution in [0.25, 0.3) is 11.1 Å². The minimum Gasteiger partial charge on any atom is -0.497 e. The van der Waals surface area contributed by atoms with Crippen molar-refractivity contribution in [2.24, 2.45) is 0 Å². The third-order valence-corrected chi connectivity index (χ3v) is 8.01. The Balaban J connectivity index is 1.14. The molecule has 0 saturated carbocycles. The van der Waals surface area contributed by atoms with Crippen LogP contribution in [0.15, 0.2) is 79.1 Å². The summed E-state index contributed by atoms with van der Waals surface area (Å²) in [6.45, 7) is 8.79. The molecule has 13 nitrogen and oxygen atoms in total. The zero-order valence-corrected chi connectivity index (χ0v) is 28.6. The quantitative estimate of drug-likeness (QED) is 0.165. The highest BCUT2D eigenvalue weighted by Crippen LogP contribution is 2.30. The first-order chi connectivity index (χ1) is 23.9. The summed E-state index contributed by atoms with van der Waals surface area (Å²) in [5.41, 5.74) is 4.03. The molecule has 260 valence electrons. The van der Waals surface area contributed by atoms with Gasteiger partial charge in [0.1, 0.15) is 23.3 Å². The van der Waals surface area contributed by atoms with Gasteiger partial charge in [-0.15, -0.1) is 10.2 Å². The van der Waals surface area contributed by atoms with Crippen LogP contribution in [0.1, 0.15) is 43.3 Å². The van der Waals surface area contributed by atoms with Crippen LogP contribution in [-0.2, 0) is 35.7 Å². The second kappa shape index (κ2) is 14.4. The molecular formula is C36H39FN8O5. The lowest BCUT2D eigenvalue weighted by Crippen LogP contribution is -2.36. The number of halogens is 1. The average Bonchev–Trinajstić information content (AvgIpc) is 3.80. The van der Waals surface area contributed by atoms with Crippen LogP contribution in [0.5, 0.6) is 5.75 Å². The standard InChI is InChI=1S/C36H39FN8O5/c1-24-18-43(41-39-24)22-31-23-44(35(47)49-31)28-12-15-32(33(37)16-28)27-10-6-25(7-11-27)19-42(34(46)50-36(2,3)4)21-29-17-38-40-45(29)20-26-8-13-30(48-5)14-9-26/h6-18,31H,19-23H2,1-5H3/t31-/m0/s1. The molecule has 0 N–H and O–H groups in total. The number of ether oxygens (including phenoxy) is 3. The van der Waals surface area contributed by atoms with Crippen molar-refractivity contribution in [3.8, 4) is 16.9 Å². The van der Waals surface area contributed by atoms with Gasteiger partial charge in [0.2, 0.25) is 0 Å². The molecule has 5 aromatic rings. The van der Waals surface area contributed by atoms with Gasteiger partial charge < -0.3 is 14.2 Å². The van der Waals surface area contributed by atoms with Crippen LogP contribution >= 0.6 is 0 Å². The summed E-state index contributed by atoms with van der Waals surface area (Å²) in [5, 5.41) is 16.3. The normalized spacial score (nSPS) is 14.5. The van der Waals surface area contributed by atoms with Gasteiger partial charge in [0.25, 0.3) is 0 Å². The summed E-state index contributed by atoms with van der Waals surface area (Å²) in [7, 11) is 1.62. The number of cyclic esters (lactones) is 1. The fraction of sp³-hybridized carbons (Fsp3) is 0.333. The zero-order chi connectivity index (χ0) is 35.4. The molecule has 1 saturated heterocycles. The molecule has 0 unspecified atom stereocenters. The van der Waals surface area contributed by atoms with E-state index in [4.69, 9.17) is 14.2 Å². The van der Waals surface area contributed by atoms with Gasteiger partial charge in [0.15, 0.2) is 0 Å². The third kappa shape index (κ3) is 8.25. The minimum atomic E-state index is -0.701. The molecule has 3 heterocycles. The first-order valence-electron chi connectivity index (χ1n) is 16.2. The van der Waals surface area contributed by atoms with Crippen molar-refractivity contribution in [3.05, 3.63) is 107 Å². The maximum absolute atomic E-state index is 15.5. The molecule has 14 heteroatoms. The van der Waals surface area contributed by atoms with Crippen LogP contribution in [-0.4, -0.2) is 72.4 Å². The Hall–Kier alpha value is -5.79. The van der Waals surface area contributed by atoms with Gasteiger partial charge in [-0.25, -0.2) is 23.3 Å². The second-order valence-corrected chi connectivity index (χ2v) is 13.1. The molecule has 2 aromatic heterocycles. The van der Waals surface area contributed by atoms with Gasteiger partial charge in [-0.05, 0) is 74.7 Å². The van der Waals surface area contributed by atoms with Crippen molar-refractivity contribution >= 4 is 17.9 Å². The number of hydrogen-bond acceptors (Lipinski definition) is 9. The van der Waals surface area contributed by atoms with Crippen LogP contribution in [0.4, 0.5) is 19.7 Å².